The summed E-state index contributed by atoms with van der Waals surface area (Å²) >= 11 is 2.76. The number of rotatable bonds is 5. The average Bonchev–Trinajstić information content (AvgIpc) is 3.11. The summed E-state index contributed by atoms with van der Waals surface area (Å²) < 4.78 is 26.7. The summed E-state index contributed by atoms with van der Waals surface area (Å²) in [5.41, 5.74) is 2.72. The zero-order chi connectivity index (χ0) is 20.4. The Labute approximate surface area is 173 Å². The Kier molecular flexibility index (Phi) is 5.43. The molecule has 2 heterocycles. The molecule has 2 radical (unpaired) electrons. The number of allylic oxidation sites excluding steroid dienone is 1. The van der Waals surface area contributed by atoms with Crippen molar-refractivity contribution in [2.45, 2.75) is 17.7 Å². The highest BCUT2D eigenvalue weighted by Crippen LogP contribution is 2.30. The maximum absolute atomic E-state index is 13.3. The number of hydrogen-bond donors (Lipinski definition) is 3. The van der Waals surface area contributed by atoms with Crippen LogP contribution < -0.4 is 10.6 Å². The van der Waals surface area contributed by atoms with E-state index in [1.165, 1.54) is 6.07 Å². The molecule has 4 rings (SSSR count). The van der Waals surface area contributed by atoms with Gasteiger partial charge in [-0.3, -0.25) is 9.89 Å². The monoisotopic (exact) mass is 407 g/mol. The molecule has 0 bridgehead atoms. The van der Waals surface area contributed by atoms with Crippen molar-refractivity contribution in [3.63, 3.8) is 0 Å². The van der Waals surface area contributed by atoms with Crippen LogP contribution in [0.4, 0.5) is 20.4 Å². The van der Waals surface area contributed by atoms with Gasteiger partial charge >= 0.3 is 0 Å². The van der Waals surface area contributed by atoms with E-state index in [-0.39, 0.29) is 6.54 Å². The number of aromatic nitrogens is 3. The number of carbonyl (C=O) groups excluding carboxylic acids is 1. The molecular weight excluding hydrogens is 391 g/mol. The van der Waals surface area contributed by atoms with Crippen molar-refractivity contribution >= 4 is 39.9 Å². The second kappa shape index (κ2) is 8.15. The molecule has 1 aromatic carbocycles. The molecule has 0 saturated carbocycles. The standard InChI is InChI=1S/C20H16F2N5O.Al/c21-15-8-7-12(10-16(15)22)11-24-20(28)14-5-3-9-23-18(14)25-19-13-4-1-2-6-17(13)26-27-19;/h1-3,5-10H,4,11H2,(H,24,28)(H2,23,25,26,27);. The van der Waals surface area contributed by atoms with E-state index in [4.69, 9.17) is 0 Å². The van der Waals surface area contributed by atoms with Crippen LogP contribution in [-0.4, -0.2) is 37.4 Å². The molecule has 29 heavy (non-hydrogen) atoms. The molecule has 3 aromatic rings. The smallest absolute Gasteiger partial charge is 0.255 e. The van der Waals surface area contributed by atoms with Crippen LogP contribution >= 0.6 is 0 Å². The van der Waals surface area contributed by atoms with Crippen molar-refractivity contribution in [1.29, 1.82) is 0 Å². The number of fused-ring (bicyclic) bond motifs is 1. The van der Waals surface area contributed by atoms with Gasteiger partial charge in [0.25, 0.3) is 5.91 Å². The molecule has 0 fully saturated rings. The number of hydrogen-bond acceptors (Lipinski definition) is 4. The largest absolute Gasteiger partial charge is 0.348 e. The van der Waals surface area contributed by atoms with Gasteiger partial charge in [0.15, 0.2) is 17.5 Å². The van der Waals surface area contributed by atoms with Crippen molar-refractivity contribution in [2.24, 2.45) is 0 Å². The molecule has 6 nitrogen and oxygen atoms in total. The van der Waals surface area contributed by atoms with E-state index in [0.717, 1.165) is 29.8 Å². The summed E-state index contributed by atoms with van der Waals surface area (Å²) in [4.78, 5) is 16.9. The number of amides is 1. The lowest BCUT2D eigenvalue weighted by molar-refractivity contribution is 0.0951. The molecular formula is C20H16AlF2N5O. The summed E-state index contributed by atoms with van der Waals surface area (Å²) in [7, 11) is 0. The van der Waals surface area contributed by atoms with E-state index in [1.54, 1.807) is 18.3 Å². The fraction of sp³-hybridized carbons (Fsp3) is 0.150. The van der Waals surface area contributed by atoms with Gasteiger partial charge in [-0.1, -0.05) is 16.9 Å². The molecule has 9 heteroatoms. The van der Waals surface area contributed by atoms with Crippen molar-refractivity contribution in [2.75, 3.05) is 5.32 Å². The van der Waals surface area contributed by atoms with Crippen molar-refractivity contribution in [3.05, 3.63) is 76.6 Å². The first-order valence-corrected chi connectivity index (χ1v) is 9.63. The number of anilines is 2. The van der Waals surface area contributed by atoms with Crippen LogP contribution in [0.15, 0.2) is 42.6 Å². The lowest BCUT2D eigenvalue weighted by atomic mass is 10.0. The molecule has 0 aliphatic heterocycles. The quantitative estimate of drug-likeness (QED) is 0.567. The number of H-pyrrole nitrogens is 1. The lowest BCUT2D eigenvalue weighted by Gasteiger charge is -2.15. The highest BCUT2D eigenvalue weighted by Gasteiger charge is 2.19. The van der Waals surface area contributed by atoms with Crippen molar-refractivity contribution in [3.8, 4) is 0 Å². The number of carbonyl (C=O) groups is 1. The molecule has 2 aromatic heterocycles. The van der Waals surface area contributed by atoms with E-state index in [2.05, 4.69) is 48.2 Å². The summed E-state index contributed by atoms with van der Waals surface area (Å²) in [6.45, 7) is 0.0572. The SMILES string of the molecule is O=C(NCc1ccc(F)c(F)c1)c1cccnc1Nc1n[nH]c2c1C[CH]([Al])C=C2. The Morgan fingerprint density at radius 3 is 2.93 bits per heavy atom. The summed E-state index contributed by atoms with van der Waals surface area (Å²) in [6, 6.07) is 6.79. The fourth-order valence-corrected chi connectivity index (χ4v) is 3.42. The summed E-state index contributed by atoms with van der Waals surface area (Å²) in [5.74, 6) is -1.29. The van der Waals surface area contributed by atoms with E-state index in [1.807, 2.05) is 6.08 Å². The second-order valence-electron chi connectivity index (χ2n) is 6.65. The first kappa shape index (κ1) is 19.3. The van der Waals surface area contributed by atoms with E-state index in [0.29, 0.717) is 27.5 Å². The summed E-state index contributed by atoms with van der Waals surface area (Å²) in [6.07, 6.45) is 6.42. The number of benzene rings is 1. The second-order valence-corrected chi connectivity index (χ2v) is 7.50. The number of nitrogens with one attached hydrogen (secondary N) is 3. The third-order valence-corrected chi connectivity index (χ3v) is 5.03. The van der Waals surface area contributed by atoms with Crippen molar-refractivity contribution in [1.82, 2.24) is 20.5 Å². The lowest BCUT2D eigenvalue weighted by Crippen LogP contribution is -2.24. The minimum atomic E-state index is -0.953. The van der Waals surface area contributed by atoms with Crippen LogP contribution in [0.3, 0.4) is 0 Å². The van der Waals surface area contributed by atoms with Crippen LogP contribution in [0, 0.1) is 11.6 Å². The molecule has 1 aliphatic carbocycles. The Morgan fingerprint density at radius 1 is 1.24 bits per heavy atom. The third kappa shape index (κ3) is 4.21. The number of aromatic amines is 1. The maximum atomic E-state index is 13.3. The van der Waals surface area contributed by atoms with Gasteiger partial charge in [-0.05, 0) is 42.3 Å². The van der Waals surface area contributed by atoms with E-state index in [9.17, 15) is 13.6 Å². The Bertz CT molecular complexity index is 1100. The van der Waals surface area contributed by atoms with E-state index >= 15 is 0 Å². The first-order chi connectivity index (χ1) is 14.0. The van der Waals surface area contributed by atoms with Crippen LogP contribution in [0.1, 0.15) is 27.2 Å². The third-order valence-electron chi connectivity index (χ3n) is 4.58. The van der Waals surface area contributed by atoms with Crippen LogP contribution in [0.25, 0.3) is 6.08 Å². The normalized spacial score (nSPS) is 15.0. The van der Waals surface area contributed by atoms with Gasteiger partial charge in [0, 0.05) is 18.3 Å². The van der Waals surface area contributed by atoms with Gasteiger partial charge < -0.3 is 10.6 Å². The molecule has 1 unspecified atom stereocenters. The Balaban J connectivity index is 1.51. The minimum absolute atomic E-state index is 0.0572. The topological polar surface area (TPSA) is 82.7 Å². The summed E-state index contributed by atoms with van der Waals surface area (Å²) in [5, 5.41) is 13.1. The molecule has 0 spiro atoms. The highest BCUT2D eigenvalue weighted by atomic mass is 27.0. The van der Waals surface area contributed by atoms with Gasteiger partial charge in [-0.15, -0.1) is 0 Å². The fourth-order valence-electron chi connectivity index (χ4n) is 3.08. The van der Waals surface area contributed by atoms with Crippen LogP contribution in [0.5, 0.6) is 0 Å². The minimum Gasteiger partial charge on any atom is -0.348 e. The Morgan fingerprint density at radius 2 is 2.10 bits per heavy atom. The van der Waals surface area contributed by atoms with E-state index < -0.39 is 17.5 Å². The van der Waals surface area contributed by atoms with Crippen molar-refractivity contribution < 1.29 is 13.6 Å². The van der Waals surface area contributed by atoms with Crippen LogP contribution in [0.2, 0.25) is 4.78 Å². The van der Waals surface area contributed by atoms with Gasteiger partial charge in [0.05, 0.1) is 11.3 Å². The highest BCUT2D eigenvalue weighted by molar-refractivity contribution is 6.13. The molecule has 144 valence electrons. The maximum Gasteiger partial charge on any atom is 0.255 e. The van der Waals surface area contributed by atoms with Gasteiger partial charge in [-0.25, -0.2) is 13.8 Å². The van der Waals surface area contributed by atoms with Gasteiger partial charge in [0.1, 0.15) is 22.1 Å². The number of halogens is 2. The predicted molar refractivity (Wildman–Crippen MR) is 106 cm³/mol. The molecule has 3 N–H and O–H groups in total. The molecule has 1 amide bonds. The van der Waals surface area contributed by atoms with Gasteiger partial charge in [0.2, 0.25) is 0 Å². The zero-order valence-corrected chi connectivity index (χ0v) is 16.4. The van der Waals surface area contributed by atoms with Gasteiger partial charge in [-0.2, -0.15) is 5.10 Å². The van der Waals surface area contributed by atoms with Crippen LogP contribution in [-0.2, 0) is 13.0 Å². The molecule has 1 atom stereocenters. The number of nitrogens with zero attached hydrogens (tertiary/aromatic N) is 2. The molecule has 1 aliphatic rings. The number of pyridine rings is 1. The first-order valence-electron chi connectivity index (χ1n) is 8.96. The zero-order valence-electron chi connectivity index (χ0n) is 15.2. The average molecular weight is 407 g/mol. The Hall–Kier alpha value is -3.02. The predicted octanol–water partition coefficient (Wildman–Crippen LogP) is 3.28. The molecule has 0 saturated heterocycles.